The lowest BCUT2D eigenvalue weighted by Crippen LogP contribution is -2.60. The summed E-state index contributed by atoms with van der Waals surface area (Å²) < 4.78 is 5.42. The molecule has 2 aromatic rings. The molecule has 2 bridgehead atoms. The summed E-state index contributed by atoms with van der Waals surface area (Å²) >= 11 is 0. The molecule has 150 valence electrons. The summed E-state index contributed by atoms with van der Waals surface area (Å²) in [6.45, 7) is 4.03. The average molecular weight is 401 g/mol. The highest BCUT2D eigenvalue weighted by atomic mass is 16.6. The molecule has 30 heavy (non-hydrogen) atoms. The van der Waals surface area contributed by atoms with Gasteiger partial charge in [-0.05, 0) is 48.9 Å². The van der Waals surface area contributed by atoms with E-state index in [1.165, 1.54) is 6.07 Å². The van der Waals surface area contributed by atoms with Crippen LogP contribution in [0.25, 0.3) is 0 Å². The fraction of sp³-hybridized carbons (Fsp3) is 0.333. The van der Waals surface area contributed by atoms with Crippen LogP contribution in [0.2, 0.25) is 0 Å². The Labute approximate surface area is 172 Å². The average Bonchev–Trinajstić information content (AvgIpc) is 2.95. The van der Waals surface area contributed by atoms with E-state index in [0.29, 0.717) is 12.8 Å². The van der Waals surface area contributed by atoms with E-state index >= 15 is 0 Å². The SMILES string of the molecule is CC1=C(C)C[C@]23C(=O)OC(=O)[C@]2(C1)[C@@H]1c2ccccc2[C@H]3c2cc([N+](=O)[O-])ccc21. The Morgan fingerprint density at radius 1 is 0.867 bits per heavy atom. The molecule has 0 saturated carbocycles. The summed E-state index contributed by atoms with van der Waals surface area (Å²) in [5.74, 6) is -1.75. The van der Waals surface area contributed by atoms with Gasteiger partial charge < -0.3 is 4.74 Å². The van der Waals surface area contributed by atoms with Crippen LogP contribution in [0.1, 0.15) is 60.8 Å². The molecule has 1 heterocycles. The molecule has 0 radical (unpaired) electrons. The van der Waals surface area contributed by atoms with E-state index < -0.39 is 33.6 Å². The van der Waals surface area contributed by atoms with Gasteiger partial charge in [-0.25, -0.2) is 0 Å². The van der Waals surface area contributed by atoms with Gasteiger partial charge in [-0.15, -0.1) is 0 Å². The number of hydrogen-bond acceptors (Lipinski definition) is 5. The van der Waals surface area contributed by atoms with Crippen molar-refractivity contribution in [3.05, 3.63) is 86.0 Å². The van der Waals surface area contributed by atoms with Crippen LogP contribution >= 0.6 is 0 Å². The molecular weight excluding hydrogens is 382 g/mol. The minimum atomic E-state index is -1.06. The molecule has 4 atom stereocenters. The molecule has 0 spiro atoms. The van der Waals surface area contributed by atoms with Gasteiger partial charge in [0.05, 0.1) is 4.92 Å². The number of non-ortho nitro benzene ring substituents is 1. The maximum absolute atomic E-state index is 13.5. The molecule has 6 heteroatoms. The minimum Gasteiger partial charge on any atom is -0.392 e. The number of hydrogen-bond donors (Lipinski definition) is 0. The molecular formula is C24H19NO5. The monoisotopic (exact) mass is 401 g/mol. The van der Waals surface area contributed by atoms with E-state index in [1.54, 1.807) is 12.1 Å². The first-order valence-corrected chi connectivity index (χ1v) is 10.1. The van der Waals surface area contributed by atoms with Gasteiger partial charge in [0.15, 0.2) is 0 Å². The van der Waals surface area contributed by atoms with Gasteiger partial charge in [-0.3, -0.25) is 19.7 Å². The summed E-state index contributed by atoms with van der Waals surface area (Å²) in [7, 11) is 0. The first-order valence-electron chi connectivity index (χ1n) is 10.1. The summed E-state index contributed by atoms with van der Waals surface area (Å²) in [6.07, 6.45) is 0.899. The number of ether oxygens (including phenoxy) is 1. The smallest absolute Gasteiger partial charge is 0.322 e. The molecule has 4 aliphatic carbocycles. The quantitative estimate of drug-likeness (QED) is 0.233. The van der Waals surface area contributed by atoms with Crippen LogP contribution in [0.5, 0.6) is 0 Å². The second kappa shape index (κ2) is 5.25. The number of carbonyl (C=O) groups is 2. The van der Waals surface area contributed by atoms with E-state index in [-0.39, 0.29) is 11.6 Å². The van der Waals surface area contributed by atoms with Crippen LogP contribution in [0.3, 0.4) is 0 Å². The summed E-state index contributed by atoms with van der Waals surface area (Å²) in [5, 5.41) is 11.5. The Kier molecular flexibility index (Phi) is 3.07. The fourth-order valence-electron chi connectivity index (χ4n) is 6.81. The topological polar surface area (TPSA) is 86.5 Å². The molecule has 0 amide bonds. The Morgan fingerprint density at radius 2 is 1.37 bits per heavy atom. The van der Waals surface area contributed by atoms with Crippen LogP contribution in [-0.4, -0.2) is 16.9 Å². The van der Waals surface area contributed by atoms with Crippen LogP contribution < -0.4 is 0 Å². The molecule has 5 aliphatic rings. The summed E-state index contributed by atoms with van der Waals surface area (Å²) in [4.78, 5) is 38.0. The Hall–Kier alpha value is -3.28. The highest BCUT2D eigenvalue weighted by Gasteiger charge is 2.79. The molecule has 0 unspecified atom stereocenters. The van der Waals surface area contributed by atoms with Gasteiger partial charge in [0.25, 0.3) is 5.69 Å². The van der Waals surface area contributed by atoms with Crippen LogP contribution in [0.4, 0.5) is 5.69 Å². The maximum atomic E-state index is 13.5. The Bertz CT molecular complexity index is 1240. The van der Waals surface area contributed by atoms with Crippen molar-refractivity contribution in [3.8, 4) is 0 Å². The normalized spacial score (nSPS) is 32.9. The van der Waals surface area contributed by atoms with Crippen molar-refractivity contribution in [3.63, 3.8) is 0 Å². The standard InChI is InChI=1S/C24H19NO5/c1-12-10-23-19-15-5-3-4-6-16(15)20(18-9-14(25(28)29)7-8-17(18)19)24(23,11-13(12)2)22(27)30-21(23)26/h3-9,19-20H,10-11H2,1-2H3/t19-,20+,23+,24+/m1/s1. The highest BCUT2D eigenvalue weighted by Crippen LogP contribution is 2.77. The Morgan fingerprint density at radius 3 is 1.90 bits per heavy atom. The molecule has 0 aromatic heterocycles. The van der Waals surface area contributed by atoms with Gasteiger partial charge in [0, 0.05) is 24.0 Å². The van der Waals surface area contributed by atoms with Crippen molar-refractivity contribution in [1.29, 1.82) is 0 Å². The second-order valence-electron chi connectivity index (χ2n) is 9.10. The number of nitrogens with zero attached hydrogens (tertiary/aromatic N) is 1. The summed E-state index contributed by atoms with van der Waals surface area (Å²) in [5.41, 5.74) is 3.83. The van der Waals surface area contributed by atoms with E-state index in [0.717, 1.165) is 33.4 Å². The molecule has 7 rings (SSSR count). The third-order valence-corrected chi connectivity index (χ3v) is 8.03. The highest BCUT2D eigenvalue weighted by molar-refractivity contribution is 6.06. The zero-order valence-corrected chi connectivity index (χ0v) is 16.6. The molecule has 2 aromatic carbocycles. The van der Waals surface area contributed by atoms with E-state index in [4.69, 9.17) is 4.74 Å². The number of rotatable bonds is 1. The fourth-order valence-corrected chi connectivity index (χ4v) is 6.81. The van der Waals surface area contributed by atoms with Crippen molar-refractivity contribution >= 4 is 17.6 Å². The van der Waals surface area contributed by atoms with Crippen LogP contribution in [0.15, 0.2) is 53.6 Å². The lowest BCUT2D eigenvalue weighted by atomic mass is 9.37. The molecule has 6 nitrogen and oxygen atoms in total. The predicted octanol–water partition coefficient (Wildman–Crippen LogP) is 4.37. The number of nitro benzene ring substituents is 1. The van der Waals surface area contributed by atoms with Crippen molar-refractivity contribution in [2.24, 2.45) is 10.8 Å². The van der Waals surface area contributed by atoms with Crippen molar-refractivity contribution in [2.45, 2.75) is 38.5 Å². The number of carbonyl (C=O) groups excluding carboxylic acids is 2. The molecule has 1 aliphatic heterocycles. The molecule has 1 saturated heterocycles. The van der Waals surface area contributed by atoms with Gasteiger partial charge in [-0.2, -0.15) is 0 Å². The van der Waals surface area contributed by atoms with Gasteiger partial charge in [-0.1, -0.05) is 41.5 Å². The number of esters is 2. The third kappa shape index (κ3) is 1.65. The van der Waals surface area contributed by atoms with Crippen molar-refractivity contribution in [2.75, 3.05) is 0 Å². The van der Waals surface area contributed by atoms with Crippen molar-refractivity contribution < 1.29 is 19.2 Å². The lowest BCUT2D eigenvalue weighted by Gasteiger charge is -2.60. The third-order valence-electron chi connectivity index (χ3n) is 8.03. The summed E-state index contributed by atoms with van der Waals surface area (Å²) in [6, 6.07) is 12.8. The number of benzene rings is 2. The van der Waals surface area contributed by atoms with Crippen LogP contribution in [0, 0.1) is 20.9 Å². The van der Waals surface area contributed by atoms with Crippen molar-refractivity contribution in [1.82, 2.24) is 0 Å². The predicted molar refractivity (Wildman–Crippen MR) is 107 cm³/mol. The maximum Gasteiger partial charge on any atom is 0.322 e. The first-order chi connectivity index (χ1) is 14.3. The number of cyclic esters (lactones) is 2. The van der Waals surface area contributed by atoms with E-state index in [9.17, 15) is 19.7 Å². The Balaban J connectivity index is 1.78. The molecule has 1 fully saturated rings. The molecule has 0 N–H and O–H groups in total. The van der Waals surface area contributed by atoms with E-state index in [1.807, 2.05) is 38.1 Å². The van der Waals surface area contributed by atoms with Gasteiger partial charge in [0.1, 0.15) is 10.8 Å². The number of allylic oxidation sites excluding steroid dienone is 2. The minimum absolute atomic E-state index is 0.00211. The largest absolute Gasteiger partial charge is 0.392 e. The van der Waals surface area contributed by atoms with Crippen LogP contribution in [-0.2, 0) is 14.3 Å². The first kappa shape index (κ1) is 17.6. The number of nitro groups is 1. The zero-order valence-electron chi connectivity index (χ0n) is 16.6. The van der Waals surface area contributed by atoms with Gasteiger partial charge >= 0.3 is 11.9 Å². The van der Waals surface area contributed by atoms with E-state index in [2.05, 4.69) is 0 Å². The zero-order chi connectivity index (χ0) is 21.0. The second-order valence-corrected chi connectivity index (χ2v) is 9.10. The lowest BCUT2D eigenvalue weighted by molar-refractivity contribution is -0.385. The van der Waals surface area contributed by atoms with Gasteiger partial charge in [0.2, 0.25) is 0 Å².